The quantitative estimate of drug-likeness (QED) is 0.636. The van der Waals surface area contributed by atoms with E-state index in [0.29, 0.717) is 12.5 Å². The monoisotopic (exact) mass is 190 g/mol. The Bertz CT molecular complexity index is 305. The molecule has 1 saturated carbocycles. The Morgan fingerprint density at radius 2 is 2.00 bits per heavy atom. The summed E-state index contributed by atoms with van der Waals surface area (Å²) in [5.74, 6) is 3.71. The van der Waals surface area contributed by atoms with Gasteiger partial charge in [-0.15, -0.1) is 0 Å². The maximum atomic E-state index is 5.87. The standard InChI is InChI=1S/C12H18N2/c13-5-9-4-10-7-1-2-8(3-7)12(10)11(9)6-14/h1-2,4,7-8,10-12H,3,5-6,13-14H2. The molecule has 0 saturated heterocycles. The molecule has 2 heteroatoms. The Hall–Kier alpha value is -0.600. The first kappa shape index (κ1) is 8.69. The molecule has 2 nitrogen and oxygen atoms in total. The number of fused-ring (bicyclic) bond motifs is 5. The first-order valence-corrected chi connectivity index (χ1v) is 5.64. The summed E-state index contributed by atoms with van der Waals surface area (Å²) in [6.07, 6.45) is 8.59. The minimum Gasteiger partial charge on any atom is -0.330 e. The molecule has 3 aliphatic carbocycles. The molecular weight excluding hydrogens is 172 g/mol. The van der Waals surface area contributed by atoms with Crippen LogP contribution in [0.15, 0.2) is 23.8 Å². The summed E-state index contributed by atoms with van der Waals surface area (Å²) >= 11 is 0. The van der Waals surface area contributed by atoms with E-state index in [1.54, 1.807) is 0 Å². The minimum absolute atomic E-state index is 0.574. The Labute approximate surface area is 85.0 Å². The largest absolute Gasteiger partial charge is 0.330 e. The Morgan fingerprint density at radius 3 is 2.71 bits per heavy atom. The highest BCUT2D eigenvalue weighted by Crippen LogP contribution is 2.56. The van der Waals surface area contributed by atoms with Crippen LogP contribution in [-0.4, -0.2) is 13.1 Å². The van der Waals surface area contributed by atoms with Crippen LogP contribution < -0.4 is 11.5 Å². The van der Waals surface area contributed by atoms with Gasteiger partial charge in [0.25, 0.3) is 0 Å². The maximum absolute atomic E-state index is 5.87. The van der Waals surface area contributed by atoms with E-state index in [1.807, 2.05) is 0 Å². The van der Waals surface area contributed by atoms with Crippen LogP contribution in [0.1, 0.15) is 6.42 Å². The number of hydrogen-bond donors (Lipinski definition) is 2. The summed E-state index contributed by atoms with van der Waals surface area (Å²) in [7, 11) is 0. The molecule has 3 rings (SSSR count). The van der Waals surface area contributed by atoms with Gasteiger partial charge in [0.2, 0.25) is 0 Å². The van der Waals surface area contributed by atoms with E-state index in [4.69, 9.17) is 11.5 Å². The summed E-state index contributed by atoms with van der Waals surface area (Å²) in [4.78, 5) is 0. The van der Waals surface area contributed by atoms with Gasteiger partial charge in [-0.05, 0) is 42.6 Å². The summed E-state index contributed by atoms with van der Waals surface area (Å²) in [5, 5.41) is 0. The molecule has 0 aromatic carbocycles. The topological polar surface area (TPSA) is 52.0 Å². The van der Waals surface area contributed by atoms with Gasteiger partial charge in [0.15, 0.2) is 0 Å². The molecule has 0 spiro atoms. The van der Waals surface area contributed by atoms with Crippen molar-refractivity contribution in [2.24, 2.45) is 41.1 Å². The Kier molecular flexibility index (Phi) is 1.83. The number of hydrogen-bond acceptors (Lipinski definition) is 2. The van der Waals surface area contributed by atoms with Gasteiger partial charge >= 0.3 is 0 Å². The van der Waals surface area contributed by atoms with Gasteiger partial charge in [-0.3, -0.25) is 0 Å². The Morgan fingerprint density at radius 1 is 1.21 bits per heavy atom. The normalized spacial score (nSPS) is 48.4. The molecule has 2 bridgehead atoms. The summed E-state index contributed by atoms with van der Waals surface area (Å²) in [6, 6.07) is 0. The first-order valence-electron chi connectivity index (χ1n) is 5.64. The maximum Gasteiger partial charge on any atom is 0.0140 e. The van der Waals surface area contributed by atoms with Crippen molar-refractivity contribution in [1.82, 2.24) is 0 Å². The highest BCUT2D eigenvalue weighted by Gasteiger charge is 2.50. The van der Waals surface area contributed by atoms with Crippen molar-refractivity contribution in [1.29, 1.82) is 0 Å². The lowest BCUT2D eigenvalue weighted by atomic mass is 9.79. The number of nitrogens with two attached hydrogens (primary N) is 2. The third-order valence-corrected chi connectivity index (χ3v) is 4.42. The van der Waals surface area contributed by atoms with E-state index in [0.717, 1.165) is 30.2 Å². The molecule has 0 radical (unpaired) electrons. The van der Waals surface area contributed by atoms with Crippen LogP contribution in [0.3, 0.4) is 0 Å². The number of rotatable bonds is 2. The molecular formula is C12H18N2. The zero-order valence-corrected chi connectivity index (χ0v) is 8.39. The van der Waals surface area contributed by atoms with Crippen LogP contribution in [0.2, 0.25) is 0 Å². The molecule has 0 heterocycles. The molecule has 0 aromatic rings. The second-order valence-electron chi connectivity index (χ2n) is 4.89. The van der Waals surface area contributed by atoms with E-state index >= 15 is 0 Å². The Balaban J connectivity index is 1.94. The molecule has 14 heavy (non-hydrogen) atoms. The van der Waals surface area contributed by atoms with Crippen LogP contribution in [0, 0.1) is 29.6 Å². The average molecular weight is 190 g/mol. The van der Waals surface area contributed by atoms with Crippen molar-refractivity contribution in [2.45, 2.75) is 6.42 Å². The average Bonchev–Trinajstić information content (AvgIpc) is 2.87. The van der Waals surface area contributed by atoms with E-state index in [-0.39, 0.29) is 0 Å². The second kappa shape index (κ2) is 2.94. The highest BCUT2D eigenvalue weighted by molar-refractivity contribution is 5.30. The molecule has 5 atom stereocenters. The van der Waals surface area contributed by atoms with Gasteiger partial charge in [0, 0.05) is 6.54 Å². The van der Waals surface area contributed by atoms with Gasteiger partial charge < -0.3 is 11.5 Å². The second-order valence-corrected chi connectivity index (χ2v) is 4.89. The predicted molar refractivity (Wildman–Crippen MR) is 57.4 cm³/mol. The van der Waals surface area contributed by atoms with Crippen molar-refractivity contribution in [3.63, 3.8) is 0 Å². The third kappa shape index (κ3) is 0.931. The molecule has 1 fully saturated rings. The summed E-state index contributed by atoms with van der Waals surface area (Å²) < 4.78 is 0. The molecule has 0 aromatic heterocycles. The lowest BCUT2D eigenvalue weighted by molar-refractivity contribution is 0.307. The smallest absolute Gasteiger partial charge is 0.0140 e. The molecule has 3 aliphatic rings. The molecule has 5 unspecified atom stereocenters. The van der Waals surface area contributed by atoms with Gasteiger partial charge in [-0.1, -0.05) is 23.8 Å². The van der Waals surface area contributed by atoms with Gasteiger partial charge in [0.05, 0.1) is 0 Å². The van der Waals surface area contributed by atoms with Crippen LogP contribution in [0.25, 0.3) is 0 Å². The van der Waals surface area contributed by atoms with E-state index in [1.165, 1.54) is 12.0 Å². The van der Waals surface area contributed by atoms with Crippen molar-refractivity contribution < 1.29 is 0 Å². The van der Waals surface area contributed by atoms with Crippen molar-refractivity contribution >= 4 is 0 Å². The fourth-order valence-electron chi connectivity index (χ4n) is 3.85. The van der Waals surface area contributed by atoms with E-state index < -0.39 is 0 Å². The van der Waals surface area contributed by atoms with Crippen molar-refractivity contribution in [3.8, 4) is 0 Å². The lowest BCUT2D eigenvalue weighted by Gasteiger charge is -2.26. The van der Waals surface area contributed by atoms with Crippen LogP contribution >= 0.6 is 0 Å². The predicted octanol–water partition coefficient (Wildman–Crippen LogP) is 0.898. The zero-order valence-electron chi connectivity index (χ0n) is 8.39. The molecule has 0 aliphatic heterocycles. The first-order chi connectivity index (χ1) is 6.85. The fraction of sp³-hybridized carbons (Fsp3) is 0.667. The zero-order chi connectivity index (χ0) is 9.71. The fourth-order valence-corrected chi connectivity index (χ4v) is 3.85. The van der Waals surface area contributed by atoms with E-state index in [2.05, 4.69) is 18.2 Å². The minimum atomic E-state index is 0.574. The van der Waals surface area contributed by atoms with Crippen LogP contribution in [0.5, 0.6) is 0 Å². The van der Waals surface area contributed by atoms with Crippen LogP contribution in [-0.2, 0) is 0 Å². The highest BCUT2D eigenvalue weighted by atomic mass is 14.7. The third-order valence-electron chi connectivity index (χ3n) is 4.42. The lowest BCUT2D eigenvalue weighted by Crippen LogP contribution is -2.29. The SMILES string of the molecule is NCC1=CC2C3C=CC(C3)C2C1CN. The van der Waals surface area contributed by atoms with Crippen LogP contribution in [0.4, 0.5) is 0 Å². The summed E-state index contributed by atoms with van der Waals surface area (Å²) in [5.41, 5.74) is 13.1. The molecule has 4 N–H and O–H groups in total. The summed E-state index contributed by atoms with van der Waals surface area (Å²) in [6.45, 7) is 1.48. The van der Waals surface area contributed by atoms with E-state index in [9.17, 15) is 0 Å². The van der Waals surface area contributed by atoms with Crippen molar-refractivity contribution in [2.75, 3.05) is 13.1 Å². The van der Waals surface area contributed by atoms with Gasteiger partial charge in [-0.2, -0.15) is 0 Å². The van der Waals surface area contributed by atoms with Crippen molar-refractivity contribution in [3.05, 3.63) is 23.8 Å². The van der Waals surface area contributed by atoms with Gasteiger partial charge in [-0.25, -0.2) is 0 Å². The molecule has 76 valence electrons. The molecule has 0 amide bonds. The number of allylic oxidation sites excluding steroid dienone is 3. The van der Waals surface area contributed by atoms with Gasteiger partial charge in [0.1, 0.15) is 0 Å².